The third-order valence-corrected chi connectivity index (χ3v) is 4.76. The molecule has 2 aliphatic heterocycles. The standard InChI is InChI=1S/C17H28N6O2/c1-21(2)10-7-19-16(24)15-11-13-12-22(8-4-9-23(13)20-15)17(25)14-5-3-6-18-14/h11,14,18H,3-10,12H2,1-2H3,(H,19,24)/t14-/m0/s1. The van der Waals surface area contributed by atoms with E-state index in [1.807, 2.05) is 34.6 Å². The molecule has 1 saturated heterocycles. The quantitative estimate of drug-likeness (QED) is 0.761. The monoisotopic (exact) mass is 348 g/mol. The number of fused-ring (bicyclic) bond motifs is 1. The molecule has 0 bridgehead atoms. The van der Waals surface area contributed by atoms with Gasteiger partial charge in [0.2, 0.25) is 5.91 Å². The molecule has 1 aromatic rings. The van der Waals surface area contributed by atoms with Crippen LogP contribution in [-0.4, -0.2) is 77.7 Å². The molecule has 1 fully saturated rings. The average molecular weight is 348 g/mol. The summed E-state index contributed by atoms with van der Waals surface area (Å²) >= 11 is 0. The Kier molecular flexibility index (Phi) is 5.70. The van der Waals surface area contributed by atoms with E-state index in [9.17, 15) is 9.59 Å². The molecule has 8 nitrogen and oxygen atoms in total. The number of carbonyl (C=O) groups is 2. The largest absolute Gasteiger partial charge is 0.349 e. The molecule has 25 heavy (non-hydrogen) atoms. The zero-order valence-corrected chi connectivity index (χ0v) is 15.1. The van der Waals surface area contributed by atoms with E-state index in [1.165, 1.54) is 0 Å². The zero-order chi connectivity index (χ0) is 17.8. The molecule has 0 radical (unpaired) electrons. The maximum atomic E-state index is 12.7. The van der Waals surface area contributed by atoms with Gasteiger partial charge in [0.15, 0.2) is 5.69 Å². The van der Waals surface area contributed by atoms with Crippen molar-refractivity contribution in [3.63, 3.8) is 0 Å². The fraction of sp³-hybridized carbons (Fsp3) is 0.706. The number of hydrogen-bond acceptors (Lipinski definition) is 5. The molecule has 1 aromatic heterocycles. The van der Waals surface area contributed by atoms with Crippen LogP contribution in [0, 0.1) is 0 Å². The normalized spacial score (nSPS) is 20.4. The van der Waals surface area contributed by atoms with Crippen LogP contribution in [0.15, 0.2) is 6.07 Å². The minimum absolute atomic E-state index is 0.0525. The molecule has 0 unspecified atom stereocenters. The van der Waals surface area contributed by atoms with Crippen molar-refractivity contribution in [2.45, 2.75) is 38.4 Å². The molecule has 0 saturated carbocycles. The molecule has 138 valence electrons. The molecule has 8 heteroatoms. The van der Waals surface area contributed by atoms with E-state index in [0.717, 1.165) is 51.1 Å². The fourth-order valence-electron chi connectivity index (χ4n) is 3.36. The lowest BCUT2D eigenvalue weighted by atomic mass is 10.2. The minimum atomic E-state index is -0.155. The highest BCUT2D eigenvalue weighted by Crippen LogP contribution is 2.17. The Morgan fingerprint density at radius 2 is 2.20 bits per heavy atom. The Bertz CT molecular complexity index is 621. The van der Waals surface area contributed by atoms with Gasteiger partial charge in [-0.05, 0) is 46.0 Å². The van der Waals surface area contributed by atoms with Gasteiger partial charge in [-0.1, -0.05) is 0 Å². The van der Waals surface area contributed by atoms with Crippen molar-refractivity contribution >= 4 is 11.8 Å². The fourth-order valence-corrected chi connectivity index (χ4v) is 3.36. The first-order chi connectivity index (χ1) is 12.0. The van der Waals surface area contributed by atoms with Gasteiger partial charge in [0.25, 0.3) is 5.91 Å². The molecule has 3 heterocycles. The lowest BCUT2D eigenvalue weighted by Crippen LogP contribution is -2.43. The highest BCUT2D eigenvalue weighted by Gasteiger charge is 2.29. The molecular formula is C17H28N6O2. The number of hydrogen-bond donors (Lipinski definition) is 2. The second-order valence-electron chi connectivity index (χ2n) is 7.07. The Balaban J connectivity index is 1.64. The van der Waals surface area contributed by atoms with Crippen molar-refractivity contribution < 1.29 is 9.59 Å². The third-order valence-electron chi connectivity index (χ3n) is 4.76. The number of nitrogens with zero attached hydrogens (tertiary/aromatic N) is 4. The third kappa shape index (κ3) is 4.38. The van der Waals surface area contributed by atoms with Crippen LogP contribution in [0.3, 0.4) is 0 Å². The summed E-state index contributed by atoms with van der Waals surface area (Å²) < 4.78 is 1.87. The summed E-state index contributed by atoms with van der Waals surface area (Å²) in [7, 11) is 3.94. The van der Waals surface area contributed by atoms with E-state index in [1.54, 1.807) is 0 Å². The number of carbonyl (C=O) groups excluding carboxylic acids is 2. The summed E-state index contributed by atoms with van der Waals surface area (Å²) in [5.74, 6) is 0.0156. The summed E-state index contributed by atoms with van der Waals surface area (Å²) in [6.07, 6.45) is 2.82. The van der Waals surface area contributed by atoms with Gasteiger partial charge in [0.05, 0.1) is 18.3 Å². The first-order valence-corrected chi connectivity index (χ1v) is 9.06. The highest BCUT2D eigenvalue weighted by molar-refractivity contribution is 5.92. The van der Waals surface area contributed by atoms with Gasteiger partial charge >= 0.3 is 0 Å². The SMILES string of the molecule is CN(C)CCNC(=O)c1cc2n(n1)CCCN(C(=O)[C@@H]1CCCN1)C2. The topological polar surface area (TPSA) is 82.5 Å². The van der Waals surface area contributed by atoms with Crippen LogP contribution < -0.4 is 10.6 Å². The summed E-state index contributed by atoms with van der Waals surface area (Å²) in [6, 6.07) is 1.77. The van der Waals surface area contributed by atoms with Crippen molar-refractivity contribution in [2.75, 3.05) is 40.3 Å². The number of rotatable bonds is 5. The number of nitrogens with one attached hydrogen (secondary N) is 2. The number of amides is 2. The molecule has 3 rings (SSSR count). The van der Waals surface area contributed by atoms with Gasteiger partial charge in [-0.15, -0.1) is 0 Å². The first kappa shape index (κ1) is 17.9. The predicted octanol–water partition coefficient (Wildman–Crippen LogP) is -0.341. The van der Waals surface area contributed by atoms with Gasteiger partial charge in [-0.25, -0.2) is 0 Å². The Labute approximate surface area is 148 Å². The molecule has 2 amide bonds. The van der Waals surface area contributed by atoms with Gasteiger partial charge < -0.3 is 20.4 Å². The Morgan fingerprint density at radius 3 is 2.92 bits per heavy atom. The van der Waals surface area contributed by atoms with Crippen LogP contribution in [-0.2, 0) is 17.9 Å². The summed E-state index contributed by atoms with van der Waals surface area (Å²) in [6.45, 7) is 4.29. The van der Waals surface area contributed by atoms with Crippen LogP contribution in [0.5, 0.6) is 0 Å². The van der Waals surface area contributed by atoms with Crippen molar-refractivity contribution in [1.82, 2.24) is 30.2 Å². The Hall–Kier alpha value is -1.93. The van der Waals surface area contributed by atoms with Crippen LogP contribution in [0.4, 0.5) is 0 Å². The van der Waals surface area contributed by atoms with Crippen molar-refractivity contribution in [1.29, 1.82) is 0 Å². The summed E-state index contributed by atoms with van der Waals surface area (Å²) in [5.41, 5.74) is 1.36. The molecule has 0 spiro atoms. The maximum absolute atomic E-state index is 12.7. The van der Waals surface area contributed by atoms with Gasteiger partial charge in [0.1, 0.15) is 0 Å². The van der Waals surface area contributed by atoms with Crippen molar-refractivity contribution in [3.8, 4) is 0 Å². The molecular weight excluding hydrogens is 320 g/mol. The zero-order valence-electron chi connectivity index (χ0n) is 15.1. The molecule has 2 N–H and O–H groups in total. The molecule has 0 aromatic carbocycles. The van der Waals surface area contributed by atoms with Crippen LogP contribution in [0.1, 0.15) is 35.4 Å². The van der Waals surface area contributed by atoms with Crippen LogP contribution in [0.25, 0.3) is 0 Å². The van der Waals surface area contributed by atoms with Crippen molar-refractivity contribution in [2.24, 2.45) is 0 Å². The lowest BCUT2D eigenvalue weighted by molar-refractivity contribution is -0.133. The predicted molar refractivity (Wildman–Crippen MR) is 94.2 cm³/mol. The maximum Gasteiger partial charge on any atom is 0.271 e. The number of aryl methyl sites for hydroxylation is 1. The number of likely N-dealkylation sites (N-methyl/N-ethyl adjacent to an activating group) is 1. The van der Waals surface area contributed by atoms with Gasteiger partial charge in [0, 0.05) is 26.2 Å². The van der Waals surface area contributed by atoms with Crippen LogP contribution in [0.2, 0.25) is 0 Å². The second-order valence-corrected chi connectivity index (χ2v) is 7.07. The highest BCUT2D eigenvalue weighted by atomic mass is 16.2. The second kappa shape index (κ2) is 7.97. The summed E-state index contributed by atoms with van der Waals surface area (Å²) in [5, 5.41) is 10.6. The van der Waals surface area contributed by atoms with E-state index in [0.29, 0.717) is 18.8 Å². The average Bonchev–Trinajstić information content (AvgIpc) is 3.20. The van der Waals surface area contributed by atoms with E-state index >= 15 is 0 Å². The Morgan fingerprint density at radius 1 is 1.36 bits per heavy atom. The van der Waals surface area contributed by atoms with E-state index in [2.05, 4.69) is 15.7 Å². The molecule has 0 aliphatic carbocycles. The minimum Gasteiger partial charge on any atom is -0.349 e. The molecule has 2 aliphatic rings. The van der Waals surface area contributed by atoms with E-state index < -0.39 is 0 Å². The van der Waals surface area contributed by atoms with Crippen molar-refractivity contribution in [3.05, 3.63) is 17.5 Å². The smallest absolute Gasteiger partial charge is 0.271 e. The first-order valence-electron chi connectivity index (χ1n) is 9.06. The lowest BCUT2D eigenvalue weighted by Gasteiger charge is -2.23. The van der Waals surface area contributed by atoms with Crippen LogP contribution >= 0.6 is 0 Å². The van der Waals surface area contributed by atoms with Gasteiger partial charge in [-0.3, -0.25) is 14.3 Å². The van der Waals surface area contributed by atoms with E-state index in [4.69, 9.17) is 0 Å². The van der Waals surface area contributed by atoms with E-state index in [-0.39, 0.29) is 17.9 Å². The number of aromatic nitrogens is 2. The molecule has 1 atom stereocenters. The van der Waals surface area contributed by atoms with Gasteiger partial charge in [-0.2, -0.15) is 5.10 Å². The summed E-state index contributed by atoms with van der Waals surface area (Å²) in [4.78, 5) is 28.8.